The molecule has 0 radical (unpaired) electrons. The zero-order valence-electron chi connectivity index (χ0n) is 8.50. The highest BCUT2D eigenvalue weighted by Crippen LogP contribution is 2.31. The van der Waals surface area contributed by atoms with Gasteiger partial charge in [0.25, 0.3) is 0 Å². The number of rotatable bonds is 8. The molecular formula is C10H22O3. The summed E-state index contributed by atoms with van der Waals surface area (Å²) in [6.45, 7) is 2.34. The fourth-order valence-corrected chi connectivity index (χ4v) is 1.64. The second-order valence-corrected chi connectivity index (χ2v) is 3.71. The van der Waals surface area contributed by atoms with E-state index in [-0.39, 0.29) is 25.2 Å². The second-order valence-electron chi connectivity index (χ2n) is 3.71. The van der Waals surface area contributed by atoms with Crippen molar-refractivity contribution in [1.29, 1.82) is 0 Å². The molecule has 0 aromatic heterocycles. The summed E-state index contributed by atoms with van der Waals surface area (Å²) in [6.07, 6.45) is 4.19. The molecule has 80 valence electrons. The van der Waals surface area contributed by atoms with Crippen LogP contribution in [-0.4, -0.2) is 35.1 Å². The SMILES string of the molecule is CCCCC(CO)(CCO)CCO. The predicted octanol–water partition coefficient (Wildman–Crippen LogP) is 0.920. The molecule has 0 aromatic rings. The Morgan fingerprint density at radius 3 is 1.77 bits per heavy atom. The van der Waals surface area contributed by atoms with Gasteiger partial charge in [0.15, 0.2) is 0 Å². The van der Waals surface area contributed by atoms with Crippen LogP contribution in [0.1, 0.15) is 39.0 Å². The number of aliphatic hydroxyl groups is 3. The van der Waals surface area contributed by atoms with E-state index >= 15 is 0 Å². The van der Waals surface area contributed by atoms with Crippen LogP contribution in [0.25, 0.3) is 0 Å². The van der Waals surface area contributed by atoms with Gasteiger partial charge in [-0.25, -0.2) is 0 Å². The molecular weight excluding hydrogens is 168 g/mol. The van der Waals surface area contributed by atoms with Crippen molar-refractivity contribution in [3.63, 3.8) is 0 Å². The van der Waals surface area contributed by atoms with Gasteiger partial charge in [-0.05, 0) is 24.7 Å². The average molecular weight is 190 g/mol. The first-order valence-corrected chi connectivity index (χ1v) is 5.07. The van der Waals surface area contributed by atoms with Crippen LogP contribution in [0.15, 0.2) is 0 Å². The van der Waals surface area contributed by atoms with E-state index in [1.54, 1.807) is 0 Å². The Morgan fingerprint density at radius 2 is 1.46 bits per heavy atom. The van der Waals surface area contributed by atoms with E-state index < -0.39 is 0 Å². The largest absolute Gasteiger partial charge is 0.396 e. The monoisotopic (exact) mass is 190 g/mol. The summed E-state index contributed by atoms with van der Waals surface area (Å²) in [7, 11) is 0. The minimum Gasteiger partial charge on any atom is -0.396 e. The van der Waals surface area contributed by atoms with Crippen LogP contribution in [0.3, 0.4) is 0 Å². The van der Waals surface area contributed by atoms with Gasteiger partial charge in [0, 0.05) is 19.8 Å². The Balaban J connectivity index is 4.07. The van der Waals surface area contributed by atoms with Gasteiger partial charge in [-0.15, -0.1) is 0 Å². The molecule has 0 saturated carbocycles. The average Bonchev–Trinajstić information content (AvgIpc) is 2.15. The molecule has 0 aliphatic rings. The molecule has 13 heavy (non-hydrogen) atoms. The van der Waals surface area contributed by atoms with Crippen molar-refractivity contribution >= 4 is 0 Å². The molecule has 0 amide bonds. The first kappa shape index (κ1) is 12.9. The molecule has 0 fully saturated rings. The van der Waals surface area contributed by atoms with Gasteiger partial charge in [-0.2, -0.15) is 0 Å². The molecule has 0 heterocycles. The quantitative estimate of drug-likeness (QED) is 0.533. The second kappa shape index (κ2) is 7.30. The third-order valence-electron chi connectivity index (χ3n) is 2.68. The maximum absolute atomic E-state index is 9.24. The van der Waals surface area contributed by atoms with E-state index in [1.807, 2.05) is 0 Å². The Morgan fingerprint density at radius 1 is 0.923 bits per heavy atom. The van der Waals surface area contributed by atoms with Gasteiger partial charge in [-0.1, -0.05) is 19.8 Å². The molecule has 0 aliphatic carbocycles. The number of aliphatic hydroxyl groups excluding tert-OH is 3. The van der Waals surface area contributed by atoms with E-state index in [0.29, 0.717) is 12.8 Å². The molecule has 0 rings (SSSR count). The van der Waals surface area contributed by atoms with E-state index in [2.05, 4.69) is 6.92 Å². The fourth-order valence-electron chi connectivity index (χ4n) is 1.64. The van der Waals surface area contributed by atoms with Crippen LogP contribution in [0.2, 0.25) is 0 Å². The molecule has 0 aliphatic heterocycles. The van der Waals surface area contributed by atoms with Crippen molar-refractivity contribution in [2.75, 3.05) is 19.8 Å². The van der Waals surface area contributed by atoms with Gasteiger partial charge in [0.05, 0.1) is 0 Å². The summed E-state index contributed by atoms with van der Waals surface area (Å²) in [5, 5.41) is 27.0. The Bertz CT molecular complexity index is 109. The normalized spacial score (nSPS) is 12.0. The standard InChI is InChI=1S/C10H22O3/c1-2-3-4-10(9-13,5-7-11)6-8-12/h11-13H,2-9H2,1H3. The van der Waals surface area contributed by atoms with Crippen LogP contribution in [0.4, 0.5) is 0 Å². The van der Waals surface area contributed by atoms with E-state index in [4.69, 9.17) is 10.2 Å². The molecule has 3 heteroatoms. The van der Waals surface area contributed by atoms with Crippen LogP contribution in [-0.2, 0) is 0 Å². The first-order chi connectivity index (χ1) is 6.24. The number of hydrogen-bond acceptors (Lipinski definition) is 3. The summed E-state index contributed by atoms with van der Waals surface area (Å²) >= 11 is 0. The summed E-state index contributed by atoms with van der Waals surface area (Å²) in [5.74, 6) is 0. The minimum atomic E-state index is -0.250. The van der Waals surface area contributed by atoms with Crippen LogP contribution in [0.5, 0.6) is 0 Å². The zero-order valence-corrected chi connectivity index (χ0v) is 8.50. The predicted molar refractivity (Wildman–Crippen MR) is 52.4 cm³/mol. The van der Waals surface area contributed by atoms with Gasteiger partial charge >= 0.3 is 0 Å². The Hall–Kier alpha value is -0.120. The Labute approximate surface area is 80.4 Å². The van der Waals surface area contributed by atoms with Gasteiger partial charge in [0.1, 0.15) is 0 Å². The molecule has 3 N–H and O–H groups in total. The van der Waals surface area contributed by atoms with Crippen molar-refractivity contribution in [3.8, 4) is 0 Å². The maximum atomic E-state index is 9.24. The van der Waals surface area contributed by atoms with Crippen LogP contribution in [0, 0.1) is 5.41 Å². The maximum Gasteiger partial charge on any atom is 0.0489 e. The summed E-state index contributed by atoms with van der Waals surface area (Å²) in [4.78, 5) is 0. The first-order valence-electron chi connectivity index (χ1n) is 5.07. The highest BCUT2D eigenvalue weighted by atomic mass is 16.3. The third-order valence-corrected chi connectivity index (χ3v) is 2.68. The van der Waals surface area contributed by atoms with E-state index in [9.17, 15) is 5.11 Å². The third kappa shape index (κ3) is 4.60. The molecule has 0 atom stereocenters. The van der Waals surface area contributed by atoms with Gasteiger partial charge in [0.2, 0.25) is 0 Å². The zero-order chi connectivity index (χ0) is 10.2. The lowest BCUT2D eigenvalue weighted by Crippen LogP contribution is -2.28. The van der Waals surface area contributed by atoms with Gasteiger partial charge in [-0.3, -0.25) is 0 Å². The van der Waals surface area contributed by atoms with Crippen molar-refractivity contribution in [1.82, 2.24) is 0 Å². The van der Waals surface area contributed by atoms with E-state index in [1.165, 1.54) is 0 Å². The lowest BCUT2D eigenvalue weighted by atomic mass is 9.78. The highest BCUT2D eigenvalue weighted by Gasteiger charge is 2.27. The van der Waals surface area contributed by atoms with Crippen molar-refractivity contribution in [2.24, 2.45) is 5.41 Å². The fraction of sp³-hybridized carbons (Fsp3) is 1.00. The lowest BCUT2D eigenvalue weighted by molar-refractivity contribution is 0.0540. The molecule has 0 unspecified atom stereocenters. The lowest BCUT2D eigenvalue weighted by Gasteiger charge is -2.30. The summed E-state index contributed by atoms with van der Waals surface area (Å²) < 4.78 is 0. The molecule has 0 saturated heterocycles. The number of hydrogen-bond donors (Lipinski definition) is 3. The topological polar surface area (TPSA) is 60.7 Å². The molecule has 0 bridgehead atoms. The summed E-state index contributed by atoms with van der Waals surface area (Å²) in [6, 6.07) is 0. The smallest absolute Gasteiger partial charge is 0.0489 e. The van der Waals surface area contributed by atoms with Crippen molar-refractivity contribution in [3.05, 3.63) is 0 Å². The van der Waals surface area contributed by atoms with Crippen LogP contribution >= 0.6 is 0 Å². The Kier molecular flexibility index (Phi) is 7.23. The molecule has 0 spiro atoms. The highest BCUT2D eigenvalue weighted by molar-refractivity contribution is 4.78. The van der Waals surface area contributed by atoms with Crippen molar-refractivity contribution in [2.45, 2.75) is 39.0 Å². The minimum absolute atomic E-state index is 0.0636. The van der Waals surface area contributed by atoms with E-state index in [0.717, 1.165) is 19.3 Å². The van der Waals surface area contributed by atoms with Crippen molar-refractivity contribution < 1.29 is 15.3 Å². The summed E-state index contributed by atoms with van der Waals surface area (Å²) in [5.41, 5.74) is -0.250. The molecule has 0 aromatic carbocycles. The number of unbranched alkanes of at least 4 members (excludes halogenated alkanes) is 1. The molecule has 3 nitrogen and oxygen atoms in total. The van der Waals surface area contributed by atoms with Gasteiger partial charge < -0.3 is 15.3 Å². The van der Waals surface area contributed by atoms with Crippen LogP contribution < -0.4 is 0 Å².